The number of hydrogen-bond donors (Lipinski definition) is 2. The molecule has 5 aliphatic carbocycles. The van der Waals surface area contributed by atoms with Crippen LogP contribution in [0.25, 0.3) is 0 Å². The molecule has 0 aromatic heterocycles. The number of carbonyl (C=O) groups is 1. The van der Waals surface area contributed by atoms with Crippen LogP contribution in [0.15, 0.2) is 0 Å². The fourth-order valence-corrected chi connectivity index (χ4v) is 12.7. The van der Waals surface area contributed by atoms with Crippen molar-refractivity contribution in [3.63, 3.8) is 0 Å². The maximum absolute atomic E-state index is 12.8. The lowest BCUT2D eigenvalue weighted by Gasteiger charge is -2.60. The summed E-state index contributed by atoms with van der Waals surface area (Å²) >= 11 is 0. The van der Waals surface area contributed by atoms with Crippen molar-refractivity contribution in [3.8, 4) is 0 Å². The maximum atomic E-state index is 12.8. The van der Waals surface area contributed by atoms with Crippen molar-refractivity contribution in [1.82, 2.24) is 9.80 Å². The van der Waals surface area contributed by atoms with Crippen LogP contribution in [0, 0.1) is 45.3 Å². The monoisotopic (exact) mass is 618 g/mol. The number of nitrogens with zero attached hydrogens (tertiary/aromatic N) is 2. The molecule has 252 valence electrons. The summed E-state index contributed by atoms with van der Waals surface area (Å²) in [6.07, 6.45) is 11.0. The lowest BCUT2D eigenvalue weighted by Crippen LogP contribution is -2.56. The van der Waals surface area contributed by atoms with Crippen LogP contribution in [0.4, 0.5) is 0 Å². The topological polar surface area (TPSA) is 91.7 Å². The quantitative estimate of drug-likeness (QED) is 0.446. The van der Waals surface area contributed by atoms with Gasteiger partial charge in [0.1, 0.15) is 6.10 Å². The highest BCUT2D eigenvalue weighted by Crippen LogP contribution is 2.87. The second-order valence-corrected chi connectivity index (χ2v) is 17.9. The molecule has 7 unspecified atom stereocenters. The van der Waals surface area contributed by atoms with Crippen molar-refractivity contribution in [2.24, 2.45) is 45.3 Å². The van der Waals surface area contributed by atoms with Crippen molar-refractivity contribution in [1.29, 1.82) is 0 Å². The van der Waals surface area contributed by atoms with Crippen molar-refractivity contribution in [2.45, 2.75) is 135 Å². The molecule has 2 aliphatic heterocycles. The molecule has 2 spiro atoms. The highest BCUT2D eigenvalue weighted by Gasteiger charge is 2.80. The number of amides is 1. The highest BCUT2D eigenvalue weighted by atomic mass is 16.7. The van der Waals surface area contributed by atoms with E-state index in [0.717, 1.165) is 31.6 Å². The van der Waals surface area contributed by atoms with Crippen LogP contribution in [0.3, 0.4) is 0 Å². The number of fused-ring (bicyclic) bond motifs is 4. The Morgan fingerprint density at radius 2 is 1.80 bits per heavy atom. The molecule has 2 N–H and O–H groups in total. The SMILES string of the molecule is CN(C)CC(=O)N1CCOC(O[C@H]2CC[C@]34C[C@]35CC[C@]3(C)C6CCC([C@H](O)C(C)(C)O)OC6CC3C5CCC4C2(C)C)C1.[HH]. The second kappa shape index (κ2) is 10.6. The number of morpholine rings is 1. The third kappa shape index (κ3) is 4.69. The van der Waals surface area contributed by atoms with Crippen LogP contribution in [0.5, 0.6) is 0 Å². The van der Waals surface area contributed by atoms with Crippen LogP contribution in [-0.4, -0.2) is 103 Å². The van der Waals surface area contributed by atoms with Crippen molar-refractivity contribution in [2.75, 3.05) is 40.3 Å². The van der Waals surface area contributed by atoms with Gasteiger partial charge in [0.2, 0.25) is 5.91 Å². The van der Waals surface area contributed by atoms with Gasteiger partial charge in [0.15, 0.2) is 6.29 Å². The molecule has 44 heavy (non-hydrogen) atoms. The van der Waals surface area contributed by atoms with Gasteiger partial charge in [-0.1, -0.05) is 20.8 Å². The van der Waals surface area contributed by atoms with Gasteiger partial charge in [0.05, 0.1) is 43.6 Å². The molecule has 8 nitrogen and oxygen atoms in total. The molecular weight excluding hydrogens is 556 g/mol. The minimum atomic E-state index is -1.14. The van der Waals surface area contributed by atoms with E-state index in [1.807, 2.05) is 23.9 Å². The van der Waals surface area contributed by atoms with Gasteiger partial charge < -0.3 is 34.2 Å². The van der Waals surface area contributed by atoms with Crippen LogP contribution < -0.4 is 0 Å². The van der Waals surface area contributed by atoms with Crippen molar-refractivity contribution in [3.05, 3.63) is 0 Å². The molecular formula is C36H62N2O6. The van der Waals surface area contributed by atoms with E-state index in [9.17, 15) is 15.0 Å². The fourth-order valence-electron chi connectivity index (χ4n) is 12.7. The predicted octanol–water partition coefficient (Wildman–Crippen LogP) is 4.70. The largest absolute Gasteiger partial charge is 0.388 e. The number of ether oxygens (including phenoxy) is 3. The summed E-state index contributed by atoms with van der Waals surface area (Å²) in [5.41, 5.74) is 0.164. The molecule has 7 aliphatic rings. The summed E-state index contributed by atoms with van der Waals surface area (Å²) in [5.74, 6) is 2.86. The first-order valence-corrected chi connectivity index (χ1v) is 17.9. The molecule has 0 radical (unpaired) electrons. The Labute approximate surface area is 267 Å². The van der Waals surface area contributed by atoms with E-state index >= 15 is 0 Å². The van der Waals surface area contributed by atoms with Crippen LogP contribution in [-0.2, 0) is 19.0 Å². The number of aliphatic hydroxyl groups excluding tert-OH is 1. The average Bonchev–Trinajstić information content (AvgIpc) is 3.53. The van der Waals surface area contributed by atoms with E-state index in [4.69, 9.17) is 14.2 Å². The molecule has 0 bridgehead atoms. The molecule has 2 heterocycles. The van der Waals surface area contributed by atoms with Crippen LogP contribution in [0.2, 0.25) is 0 Å². The van der Waals surface area contributed by atoms with Crippen molar-refractivity contribution < 1.29 is 30.6 Å². The normalized spacial score (nSPS) is 48.5. The fraction of sp³-hybridized carbons (Fsp3) is 0.972. The van der Waals surface area contributed by atoms with Gasteiger partial charge in [-0.2, -0.15) is 0 Å². The first-order chi connectivity index (χ1) is 20.6. The van der Waals surface area contributed by atoms with Gasteiger partial charge in [-0.25, -0.2) is 0 Å². The van der Waals surface area contributed by atoms with Gasteiger partial charge in [-0.05, 0) is 137 Å². The van der Waals surface area contributed by atoms with Gasteiger partial charge in [0.25, 0.3) is 0 Å². The number of carbonyl (C=O) groups excluding carboxylic acids is 1. The summed E-state index contributed by atoms with van der Waals surface area (Å²) in [5, 5.41) is 21.3. The lowest BCUT2D eigenvalue weighted by molar-refractivity contribution is -0.244. The Balaban J connectivity index is 0.00000357. The molecule has 7 fully saturated rings. The van der Waals surface area contributed by atoms with E-state index in [1.54, 1.807) is 13.8 Å². The van der Waals surface area contributed by atoms with E-state index in [-0.39, 0.29) is 37.4 Å². The number of aliphatic hydroxyl groups is 2. The standard InChI is InChI=1S/C36H60N2O6.H2/c1-32(2)27-11-9-22-24-18-26-23(8-10-25(43-26)31(40)33(3,4)41)34(24,5)14-15-35(22)21-36(27,35)13-12-28(32)44-30-20-38(16-17-42-30)29(39)19-37(6)7;/h22-28,30-31,40-41H,8-21H2,1-7H3;1H/t22?,23?,24?,25?,26?,27?,28-,30?,31-,34+,35-,36+;/m0./s1. The van der Waals surface area contributed by atoms with Crippen molar-refractivity contribution >= 4 is 5.91 Å². The minimum absolute atomic E-state index is 0. The third-order valence-corrected chi connectivity index (χ3v) is 14.8. The number of hydrogen-bond acceptors (Lipinski definition) is 7. The van der Waals surface area contributed by atoms with Gasteiger partial charge >= 0.3 is 0 Å². The Morgan fingerprint density at radius 3 is 2.52 bits per heavy atom. The van der Waals surface area contributed by atoms with Gasteiger partial charge in [-0.15, -0.1) is 0 Å². The Kier molecular flexibility index (Phi) is 7.68. The van der Waals surface area contributed by atoms with Gasteiger partial charge in [0, 0.05) is 7.97 Å². The maximum Gasteiger partial charge on any atom is 0.236 e. The lowest BCUT2D eigenvalue weighted by atomic mass is 9.46. The zero-order chi connectivity index (χ0) is 31.4. The molecule has 2 saturated heterocycles. The van der Waals surface area contributed by atoms with E-state index in [1.165, 1.54) is 38.5 Å². The van der Waals surface area contributed by atoms with E-state index in [0.29, 0.717) is 60.2 Å². The average molecular weight is 619 g/mol. The summed E-state index contributed by atoms with van der Waals surface area (Å²) in [6.45, 7) is 13.0. The van der Waals surface area contributed by atoms with Crippen LogP contribution in [0.1, 0.15) is 100 Å². The summed E-state index contributed by atoms with van der Waals surface area (Å²) in [7, 11) is 3.87. The molecule has 5 saturated carbocycles. The molecule has 0 aromatic rings. The Hall–Kier alpha value is -0.770. The zero-order valence-corrected chi connectivity index (χ0v) is 28.5. The minimum Gasteiger partial charge on any atom is -0.388 e. The smallest absolute Gasteiger partial charge is 0.236 e. The first kappa shape index (κ1) is 31.8. The Bertz CT molecular complexity index is 1130. The first-order valence-electron chi connectivity index (χ1n) is 17.9. The van der Waals surface area contributed by atoms with Crippen LogP contribution >= 0.6 is 0 Å². The third-order valence-electron chi connectivity index (χ3n) is 14.8. The molecule has 0 aromatic carbocycles. The van der Waals surface area contributed by atoms with Gasteiger partial charge in [-0.3, -0.25) is 4.79 Å². The number of rotatable bonds is 6. The highest BCUT2D eigenvalue weighted by molar-refractivity contribution is 5.78. The summed E-state index contributed by atoms with van der Waals surface area (Å²) in [4.78, 5) is 16.6. The predicted molar refractivity (Wildman–Crippen MR) is 170 cm³/mol. The Morgan fingerprint density at radius 1 is 1.05 bits per heavy atom. The summed E-state index contributed by atoms with van der Waals surface area (Å²) in [6, 6.07) is 0. The van der Waals surface area contributed by atoms with E-state index in [2.05, 4.69) is 20.8 Å². The summed E-state index contributed by atoms with van der Waals surface area (Å²) < 4.78 is 19.6. The van der Waals surface area contributed by atoms with E-state index < -0.39 is 11.7 Å². The molecule has 7 rings (SSSR count). The molecule has 1 amide bonds. The number of likely N-dealkylation sites (N-methyl/N-ethyl adjacent to an activating group) is 1. The second-order valence-electron chi connectivity index (χ2n) is 17.9. The molecule has 12 atom stereocenters. The molecule has 8 heteroatoms. The zero-order valence-electron chi connectivity index (χ0n) is 28.5.